The molecule has 162 valence electrons. The molecule has 0 saturated heterocycles. The number of aromatic nitrogens is 2. The predicted octanol–water partition coefficient (Wildman–Crippen LogP) is 7.84. The number of fused-ring (bicyclic) bond motifs is 1. The Balaban J connectivity index is 1.46. The number of aromatic amines is 1. The first-order chi connectivity index (χ1) is 14.9. The number of halogens is 3. The molecule has 1 aliphatic rings. The first kappa shape index (κ1) is 21.7. The Morgan fingerprint density at radius 1 is 1.23 bits per heavy atom. The summed E-state index contributed by atoms with van der Waals surface area (Å²) in [6, 6.07) is 7.65. The summed E-state index contributed by atoms with van der Waals surface area (Å²) >= 11 is 5.89. The topological polar surface area (TPSA) is 41.0 Å². The van der Waals surface area contributed by atoms with Crippen LogP contribution in [0.15, 0.2) is 41.9 Å². The van der Waals surface area contributed by atoms with Crippen LogP contribution in [-0.2, 0) is 0 Å². The molecule has 1 saturated carbocycles. The average Bonchev–Trinajstić information content (AvgIpc) is 3.17. The fraction of sp³-hybridized carbons (Fsp3) is 0.360. The summed E-state index contributed by atoms with van der Waals surface area (Å²) in [5.74, 6) is 1.14. The minimum atomic E-state index is -0.444. The van der Waals surface area contributed by atoms with Crippen molar-refractivity contribution in [1.82, 2.24) is 9.97 Å². The highest BCUT2D eigenvalue weighted by Gasteiger charge is 2.29. The number of nitrogens with one attached hydrogen (secondary N) is 1. The van der Waals surface area contributed by atoms with Gasteiger partial charge in [0.25, 0.3) is 0 Å². The lowest BCUT2D eigenvalue weighted by atomic mass is 9.73. The Hall–Kier alpha value is -2.53. The van der Waals surface area contributed by atoms with Gasteiger partial charge in [0, 0.05) is 23.8 Å². The third-order valence-corrected chi connectivity index (χ3v) is 6.81. The standard InChI is InChI=1S/C25H26ClF2N3/c1-4-29-22-10-9-18(27)11-19(22)14(2)16-5-7-17(8-6-16)15(3)25-30-23-12-20(26)21(28)13-24(23)31-25/h4,9-13,15-17H,2,5-8H2,1,3H3,(H,30,31)/t15-,16?,17?/m1/s1. The molecule has 0 amide bonds. The van der Waals surface area contributed by atoms with Gasteiger partial charge in [-0.3, -0.25) is 4.99 Å². The van der Waals surface area contributed by atoms with Crippen molar-refractivity contribution in [2.24, 2.45) is 16.8 Å². The van der Waals surface area contributed by atoms with Gasteiger partial charge < -0.3 is 4.98 Å². The lowest BCUT2D eigenvalue weighted by Gasteiger charge is -2.33. The Labute approximate surface area is 186 Å². The van der Waals surface area contributed by atoms with E-state index in [1.165, 1.54) is 18.2 Å². The minimum Gasteiger partial charge on any atom is -0.342 e. The molecule has 31 heavy (non-hydrogen) atoms. The zero-order chi connectivity index (χ0) is 22.1. The number of benzene rings is 2. The molecule has 1 aromatic heterocycles. The van der Waals surface area contributed by atoms with E-state index in [2.05, 4.69) is 28.5 Å². The largest absolute Gasteiger partial charge is 0.342 e. The number of rotatable bonds is 5. The van der Waals surface area contributed by atoms with Crippen LogP contribution in [0.2, 0.25) is 5.02 Å². The van der Waals surface area contributed by atoms with Gasteiger partial charge >= 0.3 is 0 Å². The van der Waals surface area contributed by atoms with Crippen LogP contribution in [0.4, 0.5) is 14.5 Å². The van der Waals surface area contributed by atoms with Gasteiger partial charge in [0.2, 0.25) is 0 Å². The summed E-state index contributed by atoms with van der Waals surface area (Å²) in [6.07, 6.45) is 5.74. The van der Waals surface area contributed by atoms with E-state index >= 15 is 0 Å². The number of allylic oxidation sites excluding steroid dienone is 1. The molecule has 1 fully saturated rings. The van der Waals surface area contributed by atoms with Crippen molar-refractivity contribution in [3.8, 4) is 0 Å². The van der Waals surface area contributed by atoms with E-state index in [0.29, 0.717) is 22.9 Å². The zero-order valence-corrected chi connectivity index (χ0v) is 18.5. The molecule has 1 heterocycles. The number of imidazole rings is 1. The van der Waals surface area contributed by atoms with Gasteiger partial charge in [0.1, 0.15) is 17.5 Å². The van der Waals surface area contributed by atoms with E-state index in [1.807, 2.05) is 6.92 Å². The molecule has 3 aromatic rings. The van der Waals surface area contributed by atoms with Crippen molar-refractivity contribution in [3.63, 3.8) is 0 Å². The molecule has 6 heteroatoms. The molecular formula is C25H26ClF2N3. The molecule has 0 aliphatic heterocycles. The van der Waals surface area contributed by atoms with E-state index in [4.69, 9.17) is 11.6 Å². The van der Waals surface area contributed by atoms with Crippen molar-refractivity contribution in [3.05, 3.63) is 65.0 Å². The fourth-order valence-corrected chi connectivity index (χ4v) is 4.83. The molecule has 1 N–H and O–H groups in total. The van der Waals surface area contributed by atoms with Crippen LogP contribution in [-0.4, -0.2) is 16.2 Å². The first-order valence-corrected chi connectivity index (χ1v) is 11.1. The second-order valence-electron chi connectivity index (χ2n) is 8.38. The van der Waals surface area contributed by atoms with Gasteiger partial charge in [-0.2, -0.15) is 0 Å². The molecule has 1 aliphatic carbocycles. The summed E-state index contributed by atoms with van der Waals surface area (Å²) < 4.78 is 27.6. The summed E-state index contributed by atoms with van der Waals surface area (Å²) in [5, 5.41) is 0.0846. The van der Waals surface area contributed by atoms with Gasteiger partial charge in [0.15, 0.2) is 0 Å². The molecule has 2 aromatic carbocycles. The second kappa shape index (κ2) is 8.91. The van der Waals surface area contributed by atoms with Crippen LogP contribution >= 0.6 is 11.6 Å². The maximum Gasteiger partial charge on any atom is 0.144 e. The highest BCUT2D eigenvalue weighted by molar-refractivity contribution is 6.31. The Bertz CT molecular complexity index is 1100. The normalized spacial score (nSPS) is 20.4. The molecule has 0 bridgehead atoms. The summed E-state index contributed by atoms with van der Waals surface area (Å²) in [5.41, 5.74) is 3.87. The van der Waals surface area contributed by atoms with Gasteiger partial charge in [-0.05, 0) is 74.3 Å². The monoisotopic (exact) mass is 441 g/mol. The van der Waals surface area contributed by atoms with E-state index < -0.39 is 5.82 Å². The molecule has 0 unspecified atom stereocenters. The van der Waals surface area contributed by atoms with Crippen molar-refractivity contribution < 1.29 is 8.78 Å². The molecule has 4 rings (SSSR count). The Kier molecular flexibility index (Phi) is 6.24. The fourth-order valence-electron chi connectivity index (χ4n) is 4.67. The maximum absolute atomic E-state index is 13.9. The van der Waals surface area contributed by atoms with Crippen LogP contribution in [0.25, 0.3) is 16.6 Å². The number of aliphatic imine (C=N–C) groups is 1. The van der Waals surface area contributed by atoms with E-state index in [9.17, 15) is 8.78 Å². The third kappa shape index (κ3) is 4.42. The number of hydrogen-bond donors (Lipinski definition) is 1. The predicted molar refractivity (Wildman–Crippen MR) is 124 cm³/mol. The Morgan fingerprint density at radius 2 is 1.97 bits per heavy atom. The lowest BCUT2D eigenvalue weighted by molar-refractivity contribution is 0.278. The smallest absolute Gasteiger partial charge is 0.144 e. The SMILES string of the molecule is C=C(c1cc(F)ccc1N=CC)C1CCC([C@@H](C)c2nc3cc(Cl)c(F)cc3[nH]2)CC1. The van der Waals surface area contributed by atoms with Crippen molar-refractivity contribution in [2.75, 3.05) is 0 Å². The van der Waals surface area contributed by atoms with Gasteiger partial charge in [-0.25, -0.2) is 13.8 Å². The molecule has 0 radical (unpaired) electrons. The van der Waals surface area contributed by atoms with E-state index in [-0.39, 0.29) is 16.8 Å². The van der Waals surface area contributed by atoms with Gasteiger partial charge in [-0.15, -0.1) is 0 Å². The molecule has 3 nitrogen and oxygen atoms in total. The quantitative estimate of drug-likeness (QED) is 0.402. The van der Waals surface area contributed by atoms with Crippen LogP contribution in [0.3, 0.4) is 0 Å². The zero-order valence-electron chi connectivity index (χ0n) is 17.8. The highest BCUT2D eigenvalue weighted by atomic mass is 35.5. The van der Waals surface area contributed by atoms with Gasteiger partial charge in [0.05, 0.1) is 21.7 Å². The van der Waals surface area contributed by atoms with Crippen LogP contribution in [0, 0.1) is 23.5 Å². The van der Waals surface area contributed by atoms with Gasteiger partial charge in [-0.1, -0.05) is 25.1 Å². The summed E-state index contributed by atoms with van der Waals surface area (Å²) in [6.45, 7) is 8.31. The maximum atomic E-state index is 13.9. The number of hydrogen-bond acceptors (Lipinski definition) is 2. The highest BCUT2D eigenvalue weighted by Crippen LogP contribution is 2.43. The molecule has 1 atom stereocenters. The van der Waals surface area contributed by atoms with Crippen molar-refractivity contribution >= 4 is 40.1 Å². The first-order valence-electron chi connectivity index (χ1n) is 10.7. The third-order valence-electron chi connectivity index (χ3n) is 6.52. The number of H-pyrrole nitrogens is 1. The lowest BCUT2D eigenvalue weighted by Crippen LogP contribution is -2.20. The Morgan fingerprint density at radius 3 is 2.68 bits per heavy atom. The molecule has 0 spiro atoms. The van der Waals surface area contributed by atoms with Crippen molar-refractivity contribution in [1.29, 1.82) is 0 Å². The van der Waals surface area contributed by atoms with E-state index in [0.717, 1.165) is 48.3 Å². The van der Waals surface area contributed by atoms with E-state index in [1.54, 1.807) is 18.3 Å². The van der Waals surface area contributed by atoms with Crippen LogP contribution in [0.5, 0.6) is 0 Å². The van der Waals surface area contributed by atoms with Crippen LogP contribution in [0.1, 0.15) is 56.8 Å². The summed E-state index contributed by atoms with van der Waals surface area (Å²) in [7, 11) is 0. The number of nitrogens with zero attached hydrogens (tertiary/aromatic N) is 2. The summed E-state index contributed by atoms with van der Waals surface area (Å²) in [4.78, 5) is 12.3. The van der Waals surface area contributed by atoms with Crippen LogP contribution < -0.4 is 0 Å². The second-order valence-corrected chi connectivity index (χ2v) is 8.79. The van der Waals surface area contributed by atoms with Crippen molar-refractivity contribution in [2.45, 2.75) is 45.4 Å². The minimum absolute atomic E-state index is 0.0846. The average molecular weight is 442 g/mol. The molecular weight excluding hydrogens is 416 g/mol.